The first kappa shape index (κ1) is 11.4. The summed E-state index contributed by atoms with van der Waals surface area (Å²) < 4.78 is 1.06. The van der Waals surface area contributed by atoms with Crippen LogP contribution >= 0.6 is 15.9 Å². The van der Waals surface area contributed by atoms with Crippen molar-refractivity contribution >= 4 is 22.0 Å². The molecule has 1 heterocycles. The number of benzene rings is 1. The number of halogens is 1. The Morgan fingerprint density at radius 2 is 1.89 bits per heavy atom. The SMILES string of the molecule is NC1=Cc2cnc(-c3ccc(Br)cc3)nc2CC1. The molecule has 0 atom stereocenters. The van der Waals surface area contributed by atoms with Crippen molar-refractivity contribution < 1.29 is 0 Å². The third kappa shape index (κ3) is 2.16. The molecular weight excluding hydrogens is 290 g/mol. The highest BCUT2D eigenvalue weighted by Crippen LogP contribution is 2.23. The highest BCUT2D eigenvalue weighted by atomic mass is 79.9. The second-order valence-corrected chi connectivity index (χ2v) is 5.24. The lowest BCUT2D eigenvalue weighted by Gasteiger charge is -2.13. The van der Waals surface area contributed by atoms with E-state index in [2.05, 4.69) is 25.9 Å². The van der Waals surface area contributed by atoms with Crippen LogP contribution in [0.5, 0.6) is 0 Å². The number of aromatic nitrogens is 2. The molecule has 0 fully saturated rings. The monoisotopic (exact) mass is 301 g/mol. The van der Waals surface area contributed by atoms with Crippen molar-refractivity contribution in [3.63, 3.8) is 0 Å². The van der Waals surface area contributed by atoms with E-state index in [4.69, 9.17) is 5.73 Å². The van der Waals surface area contributed by atoms with Crippen LogP contribution in [0.2, 0.25) is 0 Å². The van der Waals surface area contributed by atoms with Gasteiger partial charge in [0.15, 0.2) is 5.82 Å². The van der Waals surface area contributed by atoms with Crippen LogP contribution < -0.4 is 5.73 Å². The third-order valence-corrected chi connectivity index (χ3v) is 3.52. The number of fused-ring (bicyclic) bond motifs is 1. The topological polar surface area (TPSA) is 51.8 Å². The molecular formula is C14H12BrN3. The molecule has 2 N–H and O–H groups in total. The van der Waals surface area contributed by atoms with Crippen molar-refractivity contribution in [2.75, 3.05) is 0 Å². The number of nitrogens with zero attached hydrogens (tertiary/aromatic N) is 2. The molecule has 0 radical (unpaired) electrons. The Morgan fingerprint density at radius 1 is 1.11 bits per heavy atom. The maximum absolute atomic E-state index is 5.82. The van der Waals surface area contributed by atoms with Gasteiger partial charge in [-0.25, -0.2) is 9.97 Å². The lowest BCUT2D eigenvalue weighted by atomic mass is 10.0. The second-order valence-electron chi connectivity index (χ2n) is 4.32. The van der Waals surface area contributed by atoms with Gasteiger partial charge in [-0.3, -0.25) is 0 Å². The predicted octanol–water partition coefficient (Wildman–Crippen LogP) is 3.15. The maximum atomic E-state index is 5.82. The van der Waals surface area contributed by atoms with Crippen molar-refractivity contribution in [2.24, 2.45) is 5.73 Å². The molecule has 0 unspecified atom stereocenters. The number of allylic oxidation sites excluding steroid dienone is 1. The van der Waals surface area contributed by atoms with E-state index in [1.807, 2.05) is 36.5 Å². The van der Waals surface area contributed by atoms with E-state index in [-0.39, 0.29) is 0 Å². The summed E-state index contributed by atoms with van der Waals surface area (Å²) in [7, 11) is 0. The summed E-state index contributed by atoms with van der Waals surface area (Å²) >= 11 is 3.42. The molecule has 1 aliphatic rings. The van der Waals surface area contributed by atoms with Crippen LogP contribution in [0.4, 0.5) is 0 Å². The van der Waals surface area contributed by atoms with E-state index in [9.17, 15) is 0 Å². The molecule has 90 valence electrons. The average Bonchev–Trinajstić information content (AvgIpc) is 2.39. The molecule has 1 aromatic heterocycles. The van der Waals surface area contributed by atoms with Crippen LogP contribution in [-0.2, 0) is 6.42 Å². The summed E-state index contributed by atoms with van der Waals surface area (Å²) in [5.41, 5.74) is 9.87. The van der Waals surface area contributed by atoms with Crippen molar-refractivity contribution in [1.29, 1.82) is 0 Å². The first-order valence-electron chi connectivity index (χ1n) is 5.80. The molecule has 1 aliphatic carbocycles. The Kier molecular flexibility index (Phi) is 2.88. The van der Waals surface area contributed by atoms with Crippen molar-refractivity contribution in [3.05, 3.63) is 51.9 Å². The quantitative estimate of drug-likeness (QED) is 0.880. The van der Waals surface area contributed by atoms with Crippen LogP contribution in [0, 0.1) is 0 Å². The summed E-state index contributed by atoms with van der Waals surface area (Å²) in [4.78, 5) is 9.02. The molecule has 0 bridgehead atoms. The lowest BCUT2D eigenvalue weighted by Crippen LogP contribution is -2.08. The van der Waals surface area contributed by atoms with Gasteiger partial charge in [0.2, 0.25) is 0 Å². The number of hydrogen-bond donors (Lipinski definition) is 1. The highest BCUT2D eigenvalue weighted by molar-refractivity contribution is 9.10. The van der Waals surface area contributed by atoms with Crippen molar-refractivity contribution in [1.82, 2.24) is 9.97 Å². The minimum atomic E-state index is 0.773. The smallest absolute Gasteiger partial charge is 0.159 e. The number of aryl methyl sites for hydroxylation is 1. The average molecular weight is 302 g/mol. The molecule has 18 heavy (non-hydrogen) atoms. The molecule has 0 saturated carbocycles. The van der Waals surface area contributed by atoms with Crippen LogP contribution in [0.1, 0.15) is 17.7 Å². The van der Waals surface area contributed by atoms with Gasteiger partial charge in [-0.05, 0) is 31.1 Å². The van der Waals surface area contributed by atoms with Gasteiger partial charge in [0.05, 0.1) is 5.69 Å². The van der Waals surface area contributed by atoms with Gasteiger partial charge in [0.25, 0.3) is 0 Å². The zero-order chi connectivity index (χ0) is 12.5. The summed E-state index contributed by atoms with van der Waals surface area (Å²) in [6, 6.07) is 8.02. The third-order valence-electron chi connectivity index (χ3n) is 2.99. The Hall–Kier alpha value is -1.68. The zero-order valence-corrected chi connectivity index (χ0v) is 11.3. The fraction of sp³-hybridized carbons (Fsp3) is 0.143. The largest absolute Gasteiger partial charge is 0.402 e. The number of hydrogen-bond acceptors (Lipinski definition) is 3. The molecule has 0 amide bonds. The van der Waals surface area contributed by atoms with Crippen molar-refractivity contribution in [2.45, 2.75) is 12.8 Å². The fourth-order valence-electron chi connectivity index (χ4n) is 2.02. The van der Waals surface area contributed by atoms with E-state index in [1.165, 1.54) is 0 Å². The molecule has 1 aromatic carbocycles. The molecule has 0 saturated heterocycles. The van der Waals surface area contributed by atoms with Gasteiger partial charge in [-0.2, -0.15) is 0 Å². The first-order chi connectivity index (χ1) is 8.72. The predicted molar refractivity (Wildman–Crippen MR) is 75.7 cm³/mol. The normalized spacial score (nSPS) is 13.9. The van der Waals surface area contributed by atoms with Crippen LogP contribution in [0.25, 0.3) is 17.5 Å². The van der Waals surface area contributed by atoms with Crippen molar-refractivity contribution in [3.8, 4) is 11.4 Å². The fourth-order valence-corrected chi connectivity index (χ4v) is 2.28. The molecule has 0 spiro atoms. The molecule has 4 heteroatoms. The van der Waals surface area contributed by atoms with Crippen LogP contribution in [0.3, 0.4) is 0 Å². The molecule has 2 aromatic rings. The van der Waals surface area contributed by atoms with Gasteiger partial charge in [-0.15, -0.1) is 0 Å². The van der Waals surface area contributed by atoms with E-state index in [1.54, 1.807) is 0 Å². The Bertz CT molecular complexity index is 617. The summed E-state index contributed by atoms with van der Waals surface area (Å²) in [5.74, 6) is 0.773. The minimum absolute atomic E-state index is 0.773. The van der Waals surface area contributed by atoms with E-state index < -0.39 is 0 Å². The molecule has 3 nitrogen and oxygen atoms in total. The lowest BCUT2D eigenvalue weighted by molar-refractivity contribution is 0.864. The maximum Gasteiger partial charge on any atom is 0.159 e. The standard InChI is InChI=1S/C14H12BrN3/c15-11-3-1-9(2-4-11)14-17-8-10-7-12(16)5-6-13(10)18-14/h1-4,7-8H,5-6,16H2. The Labute approximate surface area is 114 Å². The van der Waals surface area contributed by atoms with E-state index >= 15 is 0 Å². The van der Waals surface area contributed by atoms with Crippen LogP contribution in [-0.4, -0.2) is 9.97 Å². The van der Waals surface area contributed by atoms with Crippen LogP contribution in [0.15, 0.2) is 40.6 Å². The van der Waals surface area contributed by atoms with Gasteiger partial charge in [-0.1, -0.05) is 28.1 Å². The van der Waals surface area contributed by atoms with Gasteiger partial charge in [0.1, 0.15) is 0 Å². The van der Waals surface area contributed by atoms with Gasteiger partial charge in [0, 0.05) is 27.5 Å². The molecule has 3 rings (SSSR count). The Balaban J connectivity index is 2.03. The Morgan fingerprint density at radius 3 is 2.67 bits per heavy atom. The summed E-state index contributed by atoms with van der Waals surface area (Å²) in [5, 5.41) is 0. The number of nitrogens with two attached hydrogens (primary N) is 1. The number of rotatable bonds is 1. The van der Waals surface area contributed by atoms with E-state index in [0.29, 0.717) is 0 Å². The zero-order valence-electron chi connectivity index (χ0n) is 9.73. The first-order valence-corrected chi connectivity index (χ1v) is 6.59. The summed E-state index contributed by atoms with van der Waals surface area (Å²) in [6.45, 7) is 0. The van der Waals surface area contributed by atoms with Gasteiger partial charge < -0.3 is 5.73 Å². The minimum Gasteiger partial charge on any atom is -0.402 e. The molecule has 0 aliphatic heterocycles. The highest BCUT2D eigenvalue weighted by Gasteiger charge is 2.12. The van der Waals surface area contributed by atoms with Gasteiger partial charge >= 0.3 is 0 Å². The van der Waals surface area contributed by atoms with E-state index in [0.717, 1.165) is 45.7 Å². The second kappa shape index (κ2) is 4.53. The summed E-state index contributed by atoms with van der Waals surface area (Å²) in [6.07, 6.45) is 5.59.